The summed E-state index contributed by atoms with van der Waals surface area (Å²) in [6, 6.07) is -2.02. The van der Waals surface area contributed by atoms with Gasteiger partial charge in [-0.05, 0) is 25.2 Å². The van der Waals surface area contributed by atoms with Crippen molar-refractivity contribution >= 4 is 17.6 Å². The van der Waals surface area contributed by atoms with Crippen LogP contribution in [0.3, 0.4) is 0 Å². The molecule has 1 rings (SSSR count). The predicted octanol–water partition coefficient (Wildman–Crippen LogP) is -0.241. The number of amides is 2. The average Bonchev–Trinajstić information content (AvgIpc) is 3.30. The number of hydrogen-bond acceptors (Lipinski definition) is 6. The maximum absolute atomic E-state index is 12.6. The zero-order valence-electron chi connectivity index (χ0n) is 16.2. The minimum absolute atomic E-state index is 0.110. The molecule has 0 aliphatic carbocycles. The van der Waals surface area contributed by atoms with E-state index in [1.54, 1.807) is 0 Å². The predicted molar refractivity (Wildman–Crippen MR) is 95.2 cm³/mol. The van der Waals surface area contributed by atoms with E-state index in [2.05, 4.69) is 10.6 Å². The molecule has 8 nitrogen and oxygen atoms in total. The zero-order chi connectivity index (χ0) is 20.1. The molecule has 0 aromatic carbocycles. The Hall–Kier alpha value is -1.51. The molecule has 1 aliphatic heterocycles. The van der Waals surface area contributed by atoms with Gasteiger partial charge in [-0.2, -0.15) is 0 Å². The van der Waals surface area contributed by atoms with Crippen LogP contribution >= 0.6 is 0 Å². The van der Waals surface area contributed by atoms with Crippen molar-refractivity contribution in [1.82, 2.24) is 10.6 Å². The van der Waals surface area contributed by atoms with Crippen molar-refractivity contribution in [3.05, 3.63) is 0 Å². The van der Waals surface area contributed by atoms with E-state index in [4.69, 9.17) is 4.74 Å². The second kappa shape index (κ2) is 9.43. The lowest BCUT2D eigenvalue weighted by Crippen LogP contribution is -2.57. The highest BCUT2D eigenvalue weighted by Gasteiger charge is 2.54. The normalized spacial score (nSPS) is 22.7. The smallest absolute Gasteiger partial charge is 0.245 e. The molecule has 0 spiro atoms. The van der Waals surface area contributed by atoms with Gasteiger partial charge in [0.1, 0.15) is 6.04 Å². The Kier molecular flexibility index (Phi) is 8.17. The summed E-state index contributed by atoms with van der Waals surface area (Å²) in [6.07, 6.45) is -0.529. The number of hydrogen-bond donors (Lipinski definition) is 4. The first-order chi connectivity index (χ1) is 12.0. The summed E-state index contributed by atoms with van der Waals surface area (Å²) in [7, 11) is 0. The third-order valence-corrected chi connectivity index (χ3v) is 4.21. The summed E-state index contributed by atoms with van der Waals surface area (Å²) >= 11 is 0. The van der Waals surface area contributed by atoms with Crippen LogP contribution < -0.4 is 10.6 Å². The second-order valence-corrected chi connectivity index (χ2v) is 7.88. The van der Waals surface area contributed by atoms with E-state index < -0.39 is 36.3 Å². The number of carbonyl (C=O) groups excluding carboxylic acids is 3. The van der Waals surface area contributed by atoms with Crippen molar-refractivity contribution < 1.29 is 29.3 Å². The van der Waals surface area contributed by atoms with Crippen molar-refractivity contribution in [1.29, 1.82) is 0 Å². The van der Waals surface area contributed by atoms with Crippen LogP contribution in [0.15, 0.2) is 0 Å². The summed E-state index contributed by atoms with van der Waals surface area (Å²) < 4.78 is 5.10. The largest absolute Gasteiger partial charge is 0.393 e. The lowest BCUT2D eigenvalue weighted by Gasteiger charge is -2.26. The van der Waals surface area contributed by atoms with Gasteiger partial charge in [0.25, 0.3) is 0 Å². The Morgan fingerprint density at radius 1 is 1.08 bits per heavy atom. The fourth-order valence-corrected chi connectivity index (χ4v) is 2.69. The van der Waals surface area contributed by atoms with Crippen LogP contribution in [0, 0.1) is 11.8 Å². The molecule has 1 fully saturated rings. The average molecular weight is 372 g/mol. The molecule has 1 aliphatic rings. The van der Waals surface area contributed by atoms with E-state index in [0.29, 0.717) is 6.42 Å². The molecule has 0 saturated carbocycles. The molecule has 150 valence electrons. The molecule has 4 atom stereocenters. The van der Waals surface area contributed by atoms with Gasteiger partial charge in [-0.15, -0.1) is 0 Å². The number of Topliss-reactive ketones (excluding diaryl/α,β-unsaturated/α-hetero) is 1. The van der Waals surface area contributed by atoms with Gasteiger partial charge in [0.05, 0.1) is 25.4 Å². The van der Waals surface area contributed by atoms with Gasteiger partial charge >= 0.3 is 0 Å². The van der Waals surface area contributed by atoms with E-state index in [1.165, 1.54) is 6.92 Å². The molecular formula is C18H32N2O6. The molecule has 1 heterocycles. The third-order valence-electron chi connectivity index (χ3n) is 4.21. The van der Waals surface area contributed by atoms with Gasteiger partial charge in [0, 0.05) is 6.42 Å². The Labute approximate surface area is 154 Å². The molecule has 8 heteroatoms. The summed E-state index contributed by atoms with van der Waals surface area (Å²) in [5.74, 6) is -1.14. The molecular weight excluding hydrogens is 340 g/mol. The Morgan fingerprint density at radius 3 is 2.04 bits per heavy atom. The van der Waals surface area contributed by atoms with E-state index in [9.17, 15) is 24.6 Å². The molecule has 0 bridgehead atoms. The van der Waals surface area contributed by atoms with E-state index in [0.717, 1.165) is 0 Å². The SMILES string of the molecule is CC(C)CC(=O)N[C@H](C(=O)N[C@H](CC(C)C)C(=O)[C@@]1(CO)CO1)[C@H](C)O. The molecule has 0 radical (unpaired) electrons. The van der Waals surface area contributed by atoms with Crippen LogP contribution in [0.5, 0.6) is 0 Å². The van der Waals surface area contributed by atoms with Gasteiger partial charge < -0.3 is 25.6 Å². The summed E-state index contributed by atoms with van der Waals surface area (Å²) in [5.41, 5.74) is -1.24. The molecule has 0 aromatic rings. The lowest BCUT2D eigenvalue weighted by molar-refractivity contribution is -0.136. The maximum atomic E-state index is 12.6. The fraction of sp³-hybridized carbons (Fsp3) is 0.833. The highest BCUT2D eigenvalue weighted by Crippen LogP contribution is 2.30. The Morgan fingerprint density at radius 2 is 1.65 bits per heavy atom. The number of ether oxygens (including phenoxy) is 1. The Bertz CT molecular complexity index is 514. The van der Waals surface area contributed by atoms with Crippen LogP contribution in [0.4, 0.5) is 0 Å². The second-order valence-electron chi connectivity index (χ2n) is 7.88. The highest BCUT2D eigenvalue weighted by atomic mass is 16.6. The van der Waals surface area contributed by atoms with Crippen LogP contribution in [0.2, 0.25) is 0 Å². The van der Waals surface area contributed by atoms with Crippen LogP contribution in [-0.4, -0.2) is 64.8 Å². The maximum Gasteiger partial charge on any atom is 0.245 e. The standard InChI is InChI=1S/C18H32N2O6/c1-10(2)6-13(16(24)18(8-21)9-26-18)19-17(25)15(12(5)22)20-14(23)7-11(3)4/h10-13,15,21-22H,6-9H2,1-5H3,(H,19,25)(H,20,23)/t12-,13+,15-,18+/m0/s1. The highest BCUT2D eigenvalue weighted by molar-refractivity contribution is 5.98. The van der Waals surface area contributed by atoms with E-state index >= 15 is 0 Å². The third kappa shape index (κ3) is 6.34. The number of aliphatic hydroxyl groups is 2. The van der Waals surface area contributed by atoms with E-state index in [1.807, 2.05) is 27.7 Å². The van der Waals surface area contributed by atoms with Crippen molar-refractivity contribution in [2.45, 2.75) is 71.2 Å². The Balaban J connectivity index is 2.84. The molecule has 0 unspecified atom stereocenters. The lowest BCUT2D eigenvalue weighted by atomic mass is 9.92. The van der Waals surface area contributed by atoms with E-state index in [-0.39, 0.29) is 36.6 Å². The van der Waals surface area contributed by atoms with Gasteiger partial charge in [0.15, 0.2) is 11.4 Å². The van der Waals surface area contributed by atoms with Crippen LogP contribution in [-0.2, 0) is 19.1 Å². The monoisotopic (exact) mass is 372 g/mol. The molecule has 4 N–H and O–H groups in total. The van der Waals surface area contributed by atoms with Crippen LogP contribution in [0.25, 0.3) is 0 Å². The fourth-order valence-electron chi connectivity index (χ4n) is 2.69. The zero-order valence-corrected chi connectivity index (χ0v) is 16.2. The number of carbonyl (C=O) groups is 3. The molecule has 26 heavy (non-hydrogen) atoms. The van der Waals surface area contributed by atoms with Crippen molar-refractivity contribution in [3.8, 4) is 0 Å². The van der Waals surface area contributed by atoms with Crippen molar-refractivity contribution in [2.24, 2.45) is 11.8 Å². The minimum atomic E-state index is -1.24. The quantitative estimate of drug-likeness (QED) is 0.371. The number of nitrogens with one attached hydrogen (secondary N) is 2. The van der Waals surface area contributed by atoms with Gasteiger partial charge in [-0.3, -0.25) is 14.4 Å². The van der Waals surface area contributed by atoms with Gasteiger partial charge in [-0.25, -0.2) is 0 Å². The van der Waals surface area contributed by atoms with Gasteiger partial charge in [0.2, 0.25) is 11.8 Å². The van der Waals surface area contributed by atoms with Crippen molar-refractivity contribution in [2.75, 3.05) is 13.2 Å². The number of epoxide rings is 1. The first-order valence-corrected chi connectivity index (χ1v) is 9.09. The minimum Gasteiger partial charge on any atom is -0.393 e. The topological polar surface area (TPSA) is 128 Å². The summed E-state index contributed by atoms with van der Waals surface area (Å²) in [4.78, 5) is 37.2. The first kappa shape index (κ1) is 22.5. The molecule has 1 saturated heterocycles. The number of aliphatic hydroxyl groups excluding tert-OH is 2. The van der Waals surface area contributed by atoms with Crippen molar-refractivity contribution in [3.63, 3.8) is 0 Å². The van der Waals surface area contributed by atoms with Gasteiger partial charge in [-0.1, -0.05) is 27.7 Å². The number of ketones is 1. The van der Waals surface area contributed by atoms with Crippen LogP contribution in [0.1, 0.15) is 47.5 Å². The first-order valence-electron chi connectivity index (χ1n) is 9.09. The summed E-state index contributed by atoms with van der Waals surface area (Å²) in [5, 5.41) is 24.4. The molecule has 2 amide bonds. The summed E-state index contributed by atoms with van der Waals surface area (Å²) in [6.45, 7) is 8.64. The molecule has 0 aromatic heterocycles. The number of rotatable bonds is 11.